The lowest BCUT2D eigenvalue weighted by molar-refractivity contribution is 0.0367. The predicted octanol–water partition coefficient (Wildman–Crippen LogP) is 5.68. The fourth-order valence-corrected chi connectivity index (χ4v) is 5.04. The molecule has 35 heavy (non-hydrogen) atoms. The van der Waals surface area contributed by atoms with Crippen LogP contribution < -0.4 is 15.5 Å². The molecule has 7 nitrogen and oxygen atoms in total. The van der Waals surface area contributed by atoms with Gasteiger partial charge < -0.3 is 20.3 Å². The summed E-state index contributed by atoms with van der Waals surface area (Å²) in [5.41, 5.74) is 3.76. The molecule has 0 bridgehead atoms. The van der Waals surface area contributed by atoms with Gasteiger partial charge in [0, 0.05) is 42.5 Å². The van der Waals surface area contributed by atoms with Gasteiger partial charge in [-0.2, -0.15) is 4.98 Å². The molecule has 1 aromatic carbocycles. The van der Waals surface area contributed by atoms with Crippen molar-refractivity contribution >= 4 is 18.1 Å². The molecule has 1 aliphatic carbocycles. The Kier molecular flexibility index (Phi) is 7.63. The Bertz CT molecular complexity index is 1050. The topological polar surface area (TPSA) is 79.4 Å². The van der Waals surface area contributed by atoms with E-state index in [-0.39, 0.29) is 5.60 Å². The van der Waals surface area contributed by atoms with Gasteiger partial charge in [0.25, 0.3) is 0 Å². The minimum absolute atomic E-state index is 0.255. The Morgan fingerprint density at radius 1 is 1.23 bits per heavy atom. The van der Waals surface area contributed by atoms with Gasteiger partial charge in [-0.05, 0) is 76.6 Å². The van der Waals surface area contributed by atoms with Gasteiger partial charge in [-0.25, -0.2) is 4.98 Å². The molecule has 1 aromatic heterocycles. The summed E-state index contributed by atoms with van der Waals surface area (Å²) in [5, 5.41) is 6.86. The molecule has 2 heterocycles. The standard InChI is InChI=1S/C28H39N5O2/c1-6-7-14-29-27-30-16-25-24-13-8-20(18-34)15-21(24)17-33(26(25)32-27)23-11-9-22(10-12-23)31-19(2)35-28(3,4)5/h8,13,15-16,18,22-23,31H,2,6-7,9-12,14,17H2,1,3-5H3,(H,29,30,32). The zero-order valence-corrected chi connectivity index (χ0v) is 21.6. The van der Waals surface area contributed by atoms with Crippen LogP contribution >= 0.6 is 0 Å². The van der Waals surface area contributed by atoms with Crippen molar-refractivity contribution < 1.29 is 9.53 Å². The smallest absolute Gasteiger partial charge is 0.224 e. The van der Waals surface area contributed by atoms with Crippen molar-refractivity contribution in [1.82, 2.24) is 15.3 Å². The maximum Gasteiger partial charge on any atom is 0.224 e. The van der Waals surface area contributed by atoms with Crippen LogP contribution in [0.1, 0.15) is 82.1 Å². The molecule has 188 valence electrons. The highest BCUT2D eigenvalue weighted by Crippen LogP contribution is 2.41. The number of carbonyl (C=O) groups is 1. The molecular weight excluding hydrogens is 438 g/mol. The lowest BCUT2D eigenvalue weighted by atomic mass is 9.87. The molecule has 2 aliphatic rings. The number of carbonyl (C=O) groups excluding carboxylic acids is 1. The van der Waals surface area contributed by atoms with E-state index in [0.29, 0.717) is 29.5 Å². The Morgan fingerprint density at radius 3 is 2.69 bits per heavy atom. The summed E-state index contributed by atoms with van der Waals surface area (Å²) in [5.74, 6) is 2.32. The molecular formula is C28H39N5O2. The van der Waals surface area contributed by atoms with Gasteiger partial charge in [0.15, 0.2) is 5.88 Å². The van der Waals surface area contributed by atoms with E-state index >= 15 is 0 Å². The number of fused-ring (bicyclic) bond motifs is 3. The van der Waals surface area contributed by atoms with Crippen LogP contribution in [0.5, 0.6) is 0 Å². The summed E-state index contributed by atoms with van der Waals surface area (Å²) in [4.78, 5) is 23.4. The molecule has 0 unspecified atom stereocenters. The zero-order chi connectivity index (χ0) is 25.0. The second kappa shape index (κ2) is 10.7. The Morgan fingerprint density at radius 2 is 2.00 bits per heavy atom. The van der Waals surface area contributed by atoms with Gasteiger partial charge in [-0.3, -0.25) is 4.79 Å². The average molecular weight is 478 g/mol. The second-order valence-electron chi connectivity index (χ2n) is 10.7. The molecule has 1 aliphatic heterocycles. The maximum atomic E-state index is 11.4. The number of hydrogen-bond donors (Lipinski definition) is 2. The van der Waals surface area contributed by atoms with E-state index in [9.17, 15) is 4.79 Å². The summed E-state index contributed by atoms with van der Waals surface area (Å²) >= 11 is 0. The summed E-state index contributed by atoms with van der Waals surface area (Å²) in [6.07, 6.45) is 9.23. The van der Waals surface area contributed by atoms with E-state index < -0.39 is 0 Å². The molecule has 2 N–H and O–H groups in total. The van der Waals surface area contributed by atoms with Gasteiger partial charge in [-0.15, -0.1) is 0 Å². The number of aromatic nitrogens is 2. The van der Waals surface area contributed by atoms with Gasteiger partial charge in [0.1, 0.15) is 17.7 Å². The van der Waals surface area contributed by atoms with Crippen LogP contribution in [-0.4, -0.2) is 40.5 Å². The molecule has 0 amide bonds. The second-order valence-corrected chi connectivity index (χ2v) is 10.7. The molecule has 0 spiro atoms. The van der Waals surface area contributed by atoms with Crippen molar-refractivity contribution in [1.29, 1.82) is 0 Å². The highest BCUT2D eigenvalue weighted by Gasteiger charge is 2.33. The summed E-state index contributed by atoms with van der Waals surface area (Å²) in [6, 6.07) is 6.64. The van der Waals surface area contributed by atoms with Gasteiger partial charge >= 0.3 is 0 Å². The monoisotopic (exact) mass is 477 g/mol. The fourth-order valence-electron chi connectivity index (χ4n) is 5.04. The van der Waals surface area contributed by atoms with Crippen LogP contribution in [0.4, 0.5) is 11.8 Å². The van der Waals surface area contributed by atoms with Crippen LogP contribution in [0.25, 0.3) is 11.1 Å². The maximum absolute atomic E-state index is 11.4. The van der Waals surface area contributed by atoms with Crippen molar-refractivity contribution in [2.45, 2.75) is 90.4 Å². The molecule has 2 aromatic rings. The first-order chi connectivity index (χ1) is 16.8. The minimum atomic E-state index is -0.255. The number of ether oxygens (including phenoxy) is 1. The largest absolute Gasteiger partial charge is 0.474 e. The number of hydrogen-bond acceptors (Lipinski definition) is 7. The highest BCUT2D eigenvalue weighted by molar-refractivity contribution is 5.85. The van der Waals surface area contributed by atoms with Crippen molar-refractivity contribution in [3.05, 3.63) is 48.0 Å². The number of nitrogens with one attached hydrogen (secondary N) is 2. The first-order valence-electron chi connectivity index (χ1n) is 12.9. The molecule has 7 heteroatoms. The van der Waals surface area contributed by atoms with Gasteiger partial charge in [0.2, 0.25) is 5.95 Å². The molecule has 4 rings (SSSR count). The minimum Gasteiger partial charge on any atom is -0.474 e. The zero-order valence-electron chi connectivity index (χ0n) is 21.6. The molecule has 1 saturated carbocycles. The Labute approximate surface area is 209 Å². The quantitative estimate of drug-likeness (QED) is 0.273. The number of nitrogens with zero attached hydrogens (tertiary/aromatic N) is 3. The van der Waals surface area contributed by atoms with Crippen LogP contribution in [0.3, 0.4) is 0 Å². The van der Waals surface area contributed by atoms with Crippen molar-refractivity contribution in [2.24, 2.45) is 0 Å². The summed E-state index contributed by atoms with van der Waals surface area (Å²) in [6.45, 7) is 14.0. The van der Waals surface area contributed by atoms with Crippen LogP contribution in [-0.2, 0) is 11.3 Å². The van der Waals surface area contributed by atoms with Gasteiger partial charge in [-0.1, -0.05) is 25.5 Å². The third-order valence-corrected chi connectivity index (χ3v) is 6.68. The van der Waals surface area contributed by atoms with E-state index in [2.05, 4.69) is 34.0 Å². The van der Waals surface area contributed by atoms with Crippen molar-refractivity contribution in [3.63, 3.8) is 0 Å². The highest BCUT2D eigenvalue weighted by atomic mass is 16.5. The summed E-state index contributed by atoms with van der Waals surface area (Å²) < 4.78 is 5.88. The third-order valence-electron chi connectivity index (χ3n) is 6.68. The predicted molar refractivity (Wildman–Crippen MR) is 142 cm³/mol. The van der Waals surface area contributed by atoms with E-state index in [1.165, 1.54) is 0 Å². The van der Waals surface area contributed by atoms with Crippen molar-refractivity contribution in [3.8, 4) is 11.1 Å². The number of aldehydes is 1. The lowest BCUT2D eigenvalue weighted by Crippen LogP contribution is -2.44. The Balaban J connectivity index is 1.53. The molecule has 0 radical (unpaired) electrons. The van der Waals surface area contributed by atoms with E-state index in [1.54, 1.807) is 0 Å². The number of rotatable bonds is 9. The van der Waals surface area contributed by atoms with E-state index in [4.69, 9.17) is 9.72 Å². The first-order valence-corrected chi connectivity index (χ1v) is 12.9. The SMILES string of the molecule is C=C(NC1CCC(N2Cc3cc(C=O)ccc3-c3cnc(NCCCC)nc32)CC1)OC(C)(C)C. The normalized spacial score (nSPS) is 19.4. The average Bonchev–Trinajstić information content (AvgIpc) is 2.82. The number of anilines is 2. The molecule has 0 atom stereocenters. The molecule has 0 saturated heterocycles. The van der Waals surface area contributed by atoms with E-state index in [0.717, 1.165) is 80.4 Å². The van der Waals surface area contributed by atoms with Crippen molar-refractivity contribution in [2.75, 3.05) is 16.8 Å². The summed E-state index contributed by atoms with van der Waals surface area (Å²) in [7, 11) is 0. The number of benzene rings is 1. The van der Waals surface area contributed by atoms with E-state index in [1.807, 2.05) is 45.2 Å². The fraction of sp³-hybridized carbons (Fsp3) is 0.536. The number of unbranched alkanes of at least 4 members (excludes halogenated alkanes) is 1. The van der Waals surface area contributed by atoms with Gasteiger partial charge in [0.05, 0.1) is 0 Å². The lowest BCUT2D eigenvalue weighted by Gasteiger charge is -2.41. The third kappa shape index (κ3) is 6.13. The molecule has 1 fully saturated rings. The van der Waals surface area contributed by atoms with Crippen LogP contribution in [0.2, 0.25) is 0 Å². The van der Waals surface area contributed by atoms with Crippen LogP contribution in [0.15, 0.2) is 36.9 Å². The van der Waals surface area contributed by atoms with Crippen LogP contribution in [0, 0.1) is 0 Å². The Hall–Kier alpha value is -3.09. The first kappa shape index (κ1) is 25.0.